The minimum Gasteiger partial charge on any atom is -0.345 e. The van der Waals surface area contributed by atoms with E-state index in [2.05, 4.69) is 4.99 Å². The second-order valence-corrected chi connectivity index (χ2v) is 8.08. The van der Waals surface area contributed by atoms with E-state index in [1.54, 1.807) is 6.19 Å². The van der Waals surface area contributed by atoms with Gasteiger partial charge in [0.25, 0.3) is 0 Å². The number of hydrogen-bond donors (Lipinski definition) is 0. The van der Waals surface area contributed by atoms with Crippen LogP contribution in [0.2, 0.25) is 10.0 Å². The minimum absolute atomic E-state index is 0.121. The van der Waals surface area contributed by atoms with E-state index in [0.29, 0.717) is 28.7 Å². The molecule has 3 rings (SSSR count). The van der Waals surface area contributed by atoms with Crippen molar-refractivity contribution in [3.8, 4) is 6.19 Å². The van der Waals surface area contributed by atoms with E-state index in [1.807, 2.05) is 4.90 Å². The summed E-state index contributed by atoms with van der Waals surface area (Å²) in [5, 5.41) is 9.86. The van der Waals surface area contributed by atoms with Gasteiger partial charge in [-0.05, 0) is 18.6 Å². The number of ketones is 3. The maximum atomic E-state index is 12.9. The zero-order valence-corrected chi connectivity index (χ0v) is 16.5. The monoisotopic (exact) mass is 423 g/mol. The van der Waals surface area contributed by atoms with Crippen molar-refractivity contribution in [3.05, 3.63) is 33.3 Å². The molecular weight excluding hydrogens is 409 g/mol. The first-order chi connectivity index (χ1) is 12.9. The van der Waals surface area contributed by atoms with Crippen LogP contribution in [0.1, 0.15) is 35.2 Å². The summed E-state index contributed by atoms with van der Waals surface area (Å²) in [5.41, 5.74) is 0.628. The van der Waals surface area contributed by atoms with Gasteiger partial charge in [-0.1, -0.05) is 35.0 Å². The number of carbonyl (C=O) groups excluding carboxylic acids is 3. The third-order valence-corrected chi connectivity index (χ3v) is 6.34. The van der Waals surface area contributed by atoms with Crippen LogP contribution in [0.5, 0.6) is 0 Å². The molecule has 1 saturated carbocycles. The van der Waals surface area contributed by atoms with Crippen LogP contribution in [0.15, 0.2) is 17.1 Å². The maximum Gasteiger partial charge on any atom is 0.208 e. The van der Waals surface area contributed by atoms with E-state index in [4.69, 9.17) is 28.5 Å². The Morgan fingerprint density at radius 1 is 1.30 bits per heavy atom. The number of rotatable bonds is 4. The van der Waals surface area contributed by atoms with Gasteiger partial charge in [0.05, 0.1) is 5.02 Å². The molecule has 0 aromatic heterocycles. The lowest BCUT2D eigenvalue weighted by molar-refractivity contribution is -0.133. The van der Waals surface area contributed by atoms with Crippen LogP contribution >= 0.6 is 35.0 Å². The molecule has 1 aromatic rings. The van der Waals surface area contributed by atoms with E-state index in [1.165, 1.54) is 23.9 Å². The summed E-state index contributed by atoms with van der Waals surface area (Å²) in [4.78, 5) is 42.7. The Bertz CT molecular complexity index is 879. The molecule has 0 spiro atoms. The molecule has 27 heavy (non-hydrogen) atoms. The van der Waals surface area contributed by atoms with E-state index in [-0.39, 0.29) is 41.5 Å². The molecule has 1 aliphatic heterocycles. The molecular formula is C18H15Cl2N3O3S. The zero-order chi connectivity index (χ0) is 19.6. The molecule has 0 unspecified atom stereocenters. The first kappa shape index (κ1) is 19.9. The summed E-state index contributed by atoms with van der Waals surface area (Å²) in [6, 6.07) is 2.99. The van der Waals surface area contributed by atoms with E-state index >= 15 is 0 Å². The number of thioether (sulfide) groups is 1. The molecule has 140 valence electrons. The van der Waals surface area contributed by atoms with Gasteiger partial charge in [0, 0.05) is 47.8 Å². The van der Waals surface area contributed by atoms with Crippen molar-refractivity contribution in [2.24, 2.45) is 10.9 Å². The summed E-state index contributed by atoms with van der Waals surface area (Å²) in [6.07, 6.45) is 2.69. The van der Waals surface area contributed by atoms with Crippen LogP contribution in [0, 0.1) is 17.4 Å². The molecule has 2 fully saturated rings. The Labute approximate surface area is 170 Å². The Morgan fingerprint density at radius 2 is 2.00 bits per heavy atom. The first-order valence-corrected chi connectivity index (χ1v) is 10.1. The number of amidine groups is 1. The normalized spacial score (nSPS) is 19.6. The predicted molar refractivity (Wildman–Crippen MR) is 104 cm³/mol. The smallest absolute Gasteiger partial charge is 0.208 e. The number of nitrogens with zero attached hydrogens (tertiary/aromatic N) is 3. The highest BCUT2D eigenvalue weighted by atomic mass is 35.5. The number of benzene rings is 1. The van der Waals surface area contributed by atoms with Crippen molar-refractivity contribution in [2.45, 2.75) is 25.8 Å². The summed E-state index contributed by atoms with van der Waals surface area (Å²) < 4.78 is 0. The predicted octanol–water partition coefficient (Wildman–Crippen LogP) is 3.50. The van der Waals surface area contributed by atoms with E-state index < -0.39 is 11.7 Å². The van der Waals surface area contributed by atoms with Gasteiger partial charge in [-0.15, -0.1) is 4.99 Å². The van der Waals surface area contributed by atoms with E-state index in [9.17, 15) is 14.4 Å². The van der Waals surface area contributed by atoms with Gasteiger partial charge in [-0.2, -0.15) is 5.26 Å². The molecule has 0 amide bonds. The summed E-state index contributed by atoms with van der Waals surface area (Å²) in [6.45, 7) is 0.939. The molecule has 6 nitrogen and oxygen atoms in total. The molecule has 0 N–H and O–H groups in total. The lowest BCUT2D eigenvalue weighted by Gasteiger charge is -2.22. The largest absolute Gasteiger partial charge is 0.345 e. The standard InChI is InChI=1S/C18H15Cl2N3O3S/c19-12-5-4-10(17(26)15-13(24)2-1-3-14(15)25)16(20)11(12)8-23-6-7-27-18(23)22-9-21/h4-5,15H,1-3,6-8H2/b22-18-. The molecule has 2 aliphatic rings. The Kier molecular flexibility index (Phi) is 6.20. The molecule has 9 heteroatoms. The number of hydrogen-bond acceptors (Lipinski definition) is 6. The fourth-order valence-corrected chi connectivity index (χ4v) is 4.72. The lowest BCUT2D eigenvalue weighted by atomic mass is 9.81. The van der Waals surface area contributed by atoms with Gasteiger partial charge in [0.1, 0.15) is 5.92 Å². The summed E-state index contributed by atoms with van der Waals surface area (Å²) in [7, 11) is 0. The summed E-state index contributed by atoms with van der Waals surface area (Å²) in [5.74, 6) is -1.79. The van der Waals surface area contributed by atoms with Gasteiger partial charge in [-0.25, -0.2) is 0 Å². The third kappa shape index (κ3) is 4.03. The van der Waals surface area contributed by atoms with Crippen LogP contribution in [0.25, 0.3) is 0 Å². The number of carbonyl (C=O) groups is 3. The second-order valence-electron chi connectivity index (χ2n) is 6.24. The highest BCUT2D eigenvalue weighted by Crippen LogP contribution is 2.34. The molecule has 0 atom stereocenters. The van der Waals surface area contributed by atoms with Crippen molar-refractivity contribution in [1.29, 1.82) is 5.26 Å². The first-order valence-electron chi connectivity index (χ1n) is 8.35. The third-order valence-electron chi connectivity index (χ3n) is 4.56. The van der Waals surface area contributed by atoms with E-state index in [0.717, 1.165) is 5.75 Å². The van der Waals surface area contributed by atoms with Crippen molar-refractivity contribution in [3.63, 3.8) is 0 Å². The average molecular weight is 424 g/mol. The number of nitriles is 1. The zero-order valence-electron chi connectivity index (χ0n) is 14.2. The van der Waals surface area contributed by atoms with Gasteiger partial charge >= 0.3 is 0 Å². The molecule has 0 bridgehead atoms. The lowest BCUT2D eigenvalue weighted by Crippen LogP contribution is -2.35. The van der Waals surface area contributed by atoms with Crippen molar-refractivity contribution in [2.75, 3.05) is 12.3 Å². The highest BCUT2D eigenvalue weighted by Gasteiger charge is 2.37. The summed E-state index contributed by atoms with van der Waals surface area (Å²) >= 11 is 14.2. The number of Topliss-reactive ketones (excluding diaryl/α,β-unsaturated/α-hetero) is 3. The number of aliphatic imine (C=N–C) groups is 1. The Morgan fingerprint density at radius 3 is 2.67 bits per heavy atom. The average Bonchev–Trinajstić information content (AvgIpc) is 3.05. The Balaban J connectivity index is 1.93. The maximum absolute atomic E-state index is 12.9. The van der Waals surface area contributed by atoms with Gasteiger partial charge < -0.3 is 4.90 Å². The van der Waals surface area contributed by atoms with Crippen molar-refractivity contribution < 1.29 is 14.4 Å². The fourth-order valence-electron chi connectivity index (χ4n) is 3.20. The number of halogens is 2. The highest BCUT2D eigenvalue weighted by molar-refractivity contribution is 8.14. The topological polar surface area (TPSA) is 90.6 Å². The van der Waals surface area contributed by atoms with Crippen LogP contribution in [-0.2, 0) is 16.1 Å². The molecule has 1 aliphatic carbocycles. The molecule has 0 radical (unpaired) electrons. The minimum atomic E-state index is -1.27. The van der Waals surface area contributed by atoms with Crippen molar-refractivity contribution in [1.82, 2.24) is 4.90 Å². The second kappa shape index (κ2) is 8.42. The van der Waals surface area contributed by atoms with Crippen LogP contribution in [-0.4, -0.2) is 39.7 Å². The molecule has 1 heterocycles. The van der Waals surface area contributed by atoms with Crippen LogP contribution in [0.4, 0.5) is 0 Å². The van der Waals surface area contributed by atoms with Crippen LogP contribution < -0.4 is 0 Å². The molecule has 1 saturated heterocycles. The SMILES string of the molecule is N#C/N=C1\SCCN1Cc1c(Cl)ccc(C(=O)C2C(=O)CCCC2=O)c1Cl. The van der Waals surface area contributed by atoms with Gasteiger partial charge in [0.15, 0.2) is 22.5 Å². The van der Waals surface area contributed by atoms with Crippen molar-refractivity contribution >= 4 is 57.5 Å². The van der Waals surface area contributed by atoms with Crippen LogP contribution in [0.3, 0.4) is 0 Å². The quantitative estimate of drug-likeness (QED) is 0.418. The van der Waals surface area contributed by atoms with Gasteiger partial charge in [-0.3, -0.25) is 14.4 Å². The van der Waals surface area contributed by atoms with Gasteiger partial charge in [0.2, 0.25) is 6.19 Å². The molecule has 1 aromatic carbocycles. The fraction of sp³-hybridized carbons (Fsp3) is 0.389. The Hall–Kier alpha value is -1.88.